The molecule has 8 nitrogen and oxygen atoms in total. The largest absolute Gasteiger partial charge is 0.308 e. The van der Waals surface area contributed by atoms with E-state index in [4.69, 9.17) is 0 Å². The first-order valence-corrected chi connectivity index (χ1v) is 13.9. The number of aromatic nitrogens is 2. The van der Waals surface area contributed by atoms with Gasteiger partial charge in [0.05, 0.1) is 23.3 Å². The standard InChI is InChI=1S/C20H24N4O4S3/c1-2-17(25)24(15-8-9-15)19-21-22-20(30-19)29-12-18(26)23(14-6-4-3-5-7-14)16-10-11-31(27,28)13-16/h3-7,15-16H,2,8-13H2,1H3/t16-/m0/s1. The number of benzene rings is 1. The summed E-state index contributed by atoms with van der Waals surface area (Å²) in [6.07, 6.45) is 2.80. The molecule has 0 bridgehead atoms. The summed E-state index contributed by atoms with van der Waals surface area (Å²) in [7, 11) is -3.13. The van der Waals surface area contributed by atoms with E-state index in [2.05, 4.69) is 10.2 Å². The highest BCUT2D eigenvalue weighted by molar-refractivity contribution is 8.01. The van der Waals surface area contributed by atoms with E-state index >= 15 is 0 Å². The molecule has 0 radical (unpaired) electrons. The molecule has 1 aromatic carbocycles. The average molecular weight is 481 g/mol. The maximum atomic E-state index is 13.1. The fourth-order valence-corrected chi connectivity index (χ4v) is 7.14. The summed E-state index contributed by atoms with van der Waals surface area (Å²) in [6.45, 7) is 1.83. The molecule has 0 unspecified atom stereocenters. The van der Waals surface area contributed by atoms with Gasteiger partial charge in [-0.25, -0.2) is 8.42 Å². The van der Waals surface area contributed by atoms with E-state index in [1.807, 2.05) is 37.3 Å². The van der Waals surface area contributed by atoms with Crippen LogP contribution in [0.5, 0.6) is 0 Å². The maximum absolute atomic E-state index is 13.1. The molecule has 1 aliphatic heterocycles. The highest BCUT2D eigenvalue weighted by atomic mass is 32.2. The first kappa shape index (κ1) is 22.2. The number of rotatable bonds is 8. The van der Waals surface area contributed by atoms with Crippen molar-refractivity contribution in [2.45, 2.75) is 49.0 Å². The summed E-state index contributed by atoms with van der Waals surface area (Å²) in [5.74, 6) is 0.0636. The Bertz CT molecular complexity index is 1050. The molecule has 2 amide bonds. The summed E-state index contributed by atoms with van der Waals surface area (Å²) >= 11 is 2.58. The summed E-state index contributed by atoms with van der Waals surface area (Å²) < 4.78 is 24.6. The lowest BCUT2D eigenvalue weighted by atomic mass is 10.2. The fraction of sp³-hybridized carbons (Fsp3) is 0.500. The summed E-state index contributed by atoms with van der Waals surface area (Å²) in [5, 5.41) is 8.91. The van der Waals surface area contributed by atoms with Gasteiger partial charge in [0.25, 0.3) is 0 Å². The van der Waals surface area contributed by atoms with Crippen molar-refractivity contribution >= 4 is 55.6 Å². The summed E-state index contributed by atoms with van der Waals surface area (Å²) in [4.78, 5) is 28.7. The Morgan fingerprint density at radius 3 is 2.42 bits per heavy atom. The van der Waals surface area contributed by atoms with E-state index in [1.54, 1.807) is 9.80 Å². The van der Waals surface area contributed by atoms with Crippen molar-refractivity contribution < 1.29 is 18.0 Å². The van der Waals surface area contributed by atoms with Crippen LogP contribution in [0.15, 0.2) is 34.7 Å². The van der Waals surface area contributed by atoms with E-state index in [0.29, 0.717) is 28.0 Å². The number of hydrogen-bond donors (Lipinski definition) is 0. The maximum Gasteiger partial charge on any atom is 0.237 e. The first-order valence-electron chi connectivity index (χ1n) is 10.2. The predicted molar refractivity (Wildman–Crippen MR) is 122 cm³/mol. The molecule has 1 atom stereocenters. The lowest BCUT2D eigenvalue weighted by molar-refractivity contribution is -0.118. The molecule has 4 rings (SSSR count). The predicted octanol–water partition coefficient (Wildman–Crippen LogP) is 2.76. The van der Waals surface area contributed by atoms with Crippen molar-refractivity contribution in [3.05, 3.63) is 30.3 Å². The highest BCUT2D eigenvalue weighted by Crippen LogP contribution is 2.36. The molecule has 0 spiro atoms. The zero-order chi connectivity index (χ0) is 22.0. The number of anilines is 2. The van der Waals surface area contributed by atoms with Crippen LogP contribution in [0.2, 0.25) is 0 Å². The molecule has 1 saturated carbocycles. The normalized spacial score (nSPS) is 19.8. The van der Waals surface area contributed by atoms with Crippen LogP contribution < -0.4 is 9.80 Å². The molecule has 0 N–H and O–H groups in total. The third-order valence-corrected chi connectivity index (χ3v) is 9.07. The van der Waals surface area contributed by atoms with Gasteiger partial charge in [-0.1, -0.05) is 48.2 Å². The zero-order valence-electron chi connectivity index (χ0n) is 17.1. The Morgan fingerprint density at radius 1 is 1.06 bits per heavy atom. The number of para-hydroxylation sites is 1. The fourth-order valence-electron chi connectivity index (χ4n) is 3.65. The van der Waals surface area contributed by atoms with Gasteiger partial charge in [0.2, 0.25) is 16.9 Å². The van der Waals surface area contributed by atoms with Gasteiger partial charge in [-0.15, -0.1) is 10.2 Å². The van der Waals surface area contributed by atoms with Crippen LogP contribution in [0.3, 0.4) is 0 Å². The topological polar surface area (TPSA) is 101 Å². The molecule has 2 heterocycles. The van der Waals surface area contributed by atoms with Crippen LogP contribution in [0, 0.1) is 0 Å². The number of carbonyl (C=O) groups is 2. The van der Waals surface area contributed by atoms with Crippen molar-refractivity contribution in [3.63, 3.8) is 0 Å². The van der Waals surface area contributed by atoms with Crippen LogP contribution in [-0.4, -0.2) is 59.8 Å². The number of amides is 2. The minimum absolute atomic E-state index is 0.0171. The molecule has 2 aromatic rings. The molecule has 2 fully saturated rings. The van der Waals surface area contributed by atoms with Crippen LogP contribution in [0.1, 0.15) is 32.6 Å². The minimum atomic E-state index is -3.13. The minimum Gasteiger partial charge on any atom is -0.308 e. The Labute approximate surface area is 189 Å². The van der Waals surface area contributed by atoms with Crippen molar-refractivity contribution in [1.29, 1.82) is 0 Å². The average Bonchev–Trinajstić information content (AvgIpc) is 3.37. The van der Waals surface area contributed by atoms with Gasteiger partial charge in [0.15, 0.2) is 14.2 Å². The van der Waals surface area contributed by atoms with Crippen LogP contribution in [0.4, 0.5) is 10.8 Å². The molecule has 1 aromatic heterocycles. The van der Waals surface area contributed by atoms with E-state index < -0.39 is 9.84 Å². The number of carbonyl (C=O) groups excluding carboxylic acids is 2. The van der Waals surface area contributed by atoms with Gasteiger partial charge in [0, 0.05) is 18.2 Å². The second kappa shape index (κ2) is 9.25. The summed E-state index contributed by atoms with van der Waals surface area (Å²) in [5.41, 5.74) is 0.696. The third-order valence-electron chi connectivity index (χ3n) is 5.28. The third kappa shape index (κ3) is 5.27. The van der Waals surface area contributed by atoms with E-state index in [9.17, 15) is 18.0 Å². The molecule has 2 aliphatic rings. The van der Waals surface area contributed by atoms with E-state index in [1.165, 1.54) is 23.1 Å². The summed E-state index contributed by atoms with van der Waals surface area (Å²) in [6, 6.07) is 9.01. The Kier molecular flexibility index (Phi) is 6.63. The van der Waals surface area contributed by atoms with E-state index in [-0.39, 0.29) is 41.2 Å². The Hall–Kier alpha value is -1.98. The molecular weight excluding hydrogens is 456 g/mol. The molecule has 11 heteroatoms. The molecule has 1 saturated heterocycles. The smallest absolute Gasteiger partial charge is 0.237 e. The van der Waals surface area contributed by atoms with Crippen molar-refractivity contribution in [3.8, 4) is 0 Å². The van der Waals surface area contributed by atoms with Gasteiger partial charge in [-0.3, -0.25) is 14.5 Å². The van der Waals surface area contributed by atoms with Crippen molar-refractivity contribution in [1.82, 2.24) is 10.2 Å². The number of thioether (sulfide) groups is 1. The lowest BCUT2D eigenvalue weighted by Gasteiger charge is -2.28. The molecule has 31 heavy (non-hydrogen) atoms. The molecular formula is C20H24N4O4S3. The van der Waals surface area contributed by atoms with Gasteiger partial charge in [-0.2, -0.15) is 0 Å². The number of sulfone groups is 1. The van der Waals surface area contributed by atoms with Crippen molar-refractivity contribution in [2.24, 2.45) is 0 Å². The SMILES string of the molecule is CCC(=O)N(c1nnc(SCC(=O)N(c2ccccc2)[C@H]2CCS(=O)(=O)C2)s1)C1CC1. The second-order valence-electron chi connectivity index (χ2n) is 7.64. The number of hydrogen-bond acceptors (Lipinski definition) is 8. The quantitative estimate of drug-likeness (QED) is 0.423. The second-order valence-corrected chi connectivity index (χ2v) is 12.1. The van der Waals surface area contributed by atoms with Crippen LogP contribution in [0.25, 0.3) is 0 Å². The van der Waals surface area contributed by atoms with Crippen molar-refractivity contribution in [2.75, 3.05) is 27.1 Å². The zero-order valence-corrected chi connectivity index (χ0v) is 19.6. The monoisotopic (exact) mass is 480 g/mol. The van der Waals surface area contributed by atoms with Crippen LogP contribution in [-0.2, 0) is 19.4 Å². The Morgan fingerprint density at radius 2 is 1.81 bits per heavy atom. The van der Waals surface area contributed by atoms with E-state index in [0.717, 1.165) is 12.8 Å². The van der Waals surface area contributed by atoms with Gasteiger partial charge in [-0.05, 0) is 31.4 Å². The number of nitrogens with zero attached hydrogens (tertiary/aromatic N) is 4. The lowest BCUT2D eigenvalue weighted by Crippen LogP contribution is -2.42. The molecule has 166 valence electrons. The first-order chi connectivity index (χ1) is 14.9. The molecule has 1 aliphatic carbocycles. The van der Waals surface area contributed by atoms with Gasteiger partial charge in [0.1, 0.15) is 0 Å². The Balaban J connectivity index is 1.46. The van der Waals surface area contributed by atoms with Gasteiger partial charge >= 0.3 is 0 Å². The van der Waals surface area contributed by atoms with Crippen LogP contribution >= 0.6 is 23.1 Å². The highest BCUT2D eigenvalue weighted by Gasteiger charge is 2.36. The van der Waals surface area contributed by atoms with Gasteiger partial charge < -0.3 is 4.90 Å².